The molecule has 1 saturated heterocycles. The Hall–Kier alpha value is -2.80. The van der Waals surface area contributed by atoms with Crippen LogP contribution >= 0.6 is 0 Å². The first-order chi connectivity index (χ1) is 13.2. The summed E-state index contributed by atoms with van der Waals surface area (Å²) in [6.45, 7) is 4.64. The van der Waals surface area contributed by atoms with Gasteiger partial charge in [0.1, 0.15) is 5.75 Å². The van der Waals surface area contributed by atoms with Crippen LogP contribution in [0.15, 0.2) is 53.1 Å². The predicted molar refractivity (Wildman–Crippen MR) is 101 cm³/mol. The second-order valence-corrected chi connectivity index (χ2v) is 6.37. The molecule has 0 bridgehead atoms. The first-order valence-corrected chi connectivity index (χ1v) is 9.22. The highest BCUT2D eigenvalue weighted by Crippen LogP contribution is 2.09. The van der Waals surface area contributed by atoms with Gasteiger partial charge in [0.15, 0.2) is 5.76 Å². The Labute approximate surface area is 158 Å². The van der Waals surface area contributed by atoms with E-state index in [1.165, 1.54) is 6.26 Å². The second kappa shape index (κ2) is 9.78. The van der Waals surface area contributed by atoms with Gasteiger partial charge in [-0.1, -0.05) is 18.2 Å². The minimum atomic E-state index is -0.0635. The van der Waals surface area contributed by atoms with Crippen LogP contribution in [0.25, 0.3) is 0 Å². The number of hydrogen-bond acceptors (Lipinski definition) is 5. The van der Waals surface area contributed by atoms with Crippen LogP contribution in [0.1, 0.15) is 17.0 Å². The number of ether oxygens (including phenoxy) is 1. The van der Waals surface area contributed by atoms with Crippen molar-refractivity contribution < 1.29 is 18.7 Å². The molecule has 0 aliphatic carbocycles. The number of hydrogen-bond donors (Lipinski definition) is 1. The summed E-state index contributed by atoms with van der Waals surface area (Å²) in [4.78, 5) is 28.1. The molecule has 0 unspecified atom stereocenters. The molecule has 1 aliphatic heterocycles. The van der Waals surface area contributed by atoms with E-state index < -0.39 is 0 Å². The summed E-state index contributed by atoms with van der Waals surface area (Å²) in [7, 11) is 0. The number of furan rings is 1. The van der Waals surface area contributed by atoms with Gasteiger partial charge < -0.3 is 19.4 Å². The van der Waals surface area contributed by atoms with Gasteiger partial charge in [-0.25, -0.2) is 0 Å². The van der Waals surface area contributed by atoms with Crippen LogP contribution < -0.4 is 10.1 Å². The molecule has 1 aromatic carbocycles. The summed E-state index contributed by atoms with van der Waals surface area (Å²) in [6.07, 6.45) is 1.84. The molecular formula is C20H25N3O4. The van der Waals surface area contributed by atoms with Crippen LogP contribution in [-0.2, 0) is 4.79 Å². The van der Waals surface area contributed by atoms with E-state index in [0.717, 1.165) is 25.4 Å². The standard InChI is InChI=1S/C20H25N3O4/c24-19(8-16-26-17-5-2-1-3-6-17)21-9-10-22-11-13-23(14-12-22)20(25)18-7-4-15-27-18/h1-7,15H,8-14,16H2,(H,21,24). The van der Waals surface area contributed by atoms with Crippen molar-refractivity contribution in [1.29, 1.82) is 0 Å². The quantitative estimate of drug-likeness (QED) is 0.763. The summed E-state index contributed by atoms with van der Waals surface area (Å²) in [6, 6.07) is 12.9. The van der Waals surface area contributed by atoms with Crippen molar-refractivity contribution in [2.75, 3.05) is 45.9 Å². The van der Waals surface area contributed by atoms with Gasteiger partial charge in [0.2, 0.25) is 5.91 Å². The van der Waals surface area contributed by atoms with Crippen molar-refractivity contribution in [2.45, 2.75) is 6.42 Å². The molecule has 2 heterocycles. The number of carbonyl (C=O) groups excluding carboxylic acids is 2. The zero-order valence-corrected chi connectivity index (χ0v) is 15.3. The van der Waals surface area contributed by atoms with Gasteiger partial charge in [-0.3, -0.25) is 14.5 Å². The van der Waals surface area contributed by atoms with Gasteiger partial charge in [0.05, 0.1) is 19.3 Å². The van der Waals surface area contributed by atoms with Gasteiger partial charge in [0, 0.05) is 39.3 Å². The van der Waals surface area contributed by atoms with Crippen LogP contribution in [0.5, 0.6) is 5.75 Å². The lowest BCUT2D eigenvalue weighted by atomic mass is 10.3. The van der Waals surface area contributed by atoms with Gasteiger partial charge >= 0.3 is 0 Å². The highest BCUT2D eigenvalue weighted by atomic mass is 16.5. The smallest absolute Gasteiger partial charge is 0.289 e. The Morgan fingerprint density at radius 3 is 2.52 bits per heavy atom. The summed E-state index contributed by atoms with van der Waals surface area (Å²) < 4.78 is 10.7. The van der Waals surface area contributed by atoms with E-state index in [0.29, 0.717) is 38.4 Å². The molecule has 144 valence electrons. The van der Waals surface area contributed by atoms with Gasteiger partial charge in [-0.2, -0.15) is 0 Å². The van der Waals surface area contributed by atoms with E-state index in [-0.39, 0.29) is 11.8 Å². The Balaban J connectivity index is 1.27. The fourth-order valence-corrected chi connectivity index (χ4v) is 2.95. The summed E-state index contributed by atoms with van der Waals surface area (Å²) in [5.41, 5.74) is 0. The molecule has 27 heavy (non-hydrogen) atoms. The maximum absolute atomic E-state index is 12.2. The first kappa shape index (κ1) is 19.0. The van der Waals surface area contributed by atoms with E-state index in [9.17, 15) is 9.59 Å². The van der Waals surface area contributed by atoms with E-state index >= 15 is 0 Å². The topological polar surface area (TPSA) is 75.0 Å². The summed E-state index contributed by atoms with van der Waals surface area (Å²) in [5, 5.41) is 2.92. The maximum atomic E-state index is 12.2. The normalized spacial score (nSPS) is 14.7. The van der Waals surface area contributed by atoms with Crippen LogP contribution in [0.4, 0.5) is 0 Å². The molecule has 2 aromatic rings. The van der Waals surface area contributed by atoms with Crippen molar-refractivity contribution in [3.8, 4) is 5.75 Å². The van der Waals surface area contributed by atoms with E-state index in [2.05, 4.69) is 10.2 Å². The molecule has 0 spiro atoms. The number of piperazine rings is 1. The molecule has 1 aliphatic rings. The van der Waals surface area contributed by atoms with Gasteiger partial charge in [0.25, 0.3) is 5.91 Å². The van der Waals surface area contributed by atoms with E-state index in [1.807, 2.05) is 30.3 Å². The third kappa shape index (κ3) is 5.86. The molecule has 0 radical (unpaired) electrons. The van der Waals surface area contributed by atoms with E-state index in [4.69, 9.17) is 9.15 Å². The van der Waals surface area contributed by atoms with Crippen molar-refractivity contribution in [3.05, 3.63) is 54.5 Å². The van der Waals surface area contributed by atoms with Gasteiger partial charge in [-0.05, 0) is 24.3 Å². The van der Waals surface area contributed by atoms with Crippen molar-refractivity contribution in [1.82, 2.24) is 15.1 Å². The Bertz CT molecular complexity index is 710. The Morgan fingerprint density at radius 1 is 1.04 bits per heavy atom. The SMILES string of the molecule is O=C(CCOc1ccccc1)NCCN1CCN(C(=O)c2ccco2)CC1. The average molecular weight is 371 g/mol. The Morgan fingerprint density at radius 2 is 1.81 bits per heavy atom. The number of carbonyl (C=O) groups is 2. The number of nitrogens with zero attached hydrogens (tertiary/aromatic N) is 2. The van der Waals surface area contributed by atoms with E-state index in [1.54, 1.807) is 17.0 Å². The first-order valence-electron chi connectivity index (χ1n) is 9.22. The van der Waals surface area contributed by atoms with Crippen molar-refractivity contribution in [3.63, 3.8) is 0 Å². The average Bonchev–Trinajstić information content (AvgIpc) is 3.24. The fourth-order valence-electron chi connectivity index (χ4n) is 2.95. The minimum Gasteiger partial charge on any atom is -0.493 e. The third-order valence-electron chi connectivity index (χ3n) is 4.48. The summed E-state index contributed by atoms with van der Waals surface area (Å²) in [5.74, 6) is 1.07. The van der Waals surface area contributed by atoms with Crippen LogP contribution in [0.2, 0.25) is 0 Å². The number of amides is 2. The monoisotopic (exact) mass is 371 g/mol. The number of para-hydroxylation sites is 1. The molecule has 1 N–H and O–H groups in total. The Kier molecular flexibility index (Phi) is 6.87. The molecule has 2 amide bonds. The highest BCUT2D eigenvalue weighted by molar-refractivity contribution is 5.91. The largest absolute Gasteiger partial charge is 0.493 e. The molecule has 7 heteroatoms. The molecule has 1 aromatic heterocycles. The van der Waals surface area contributed by atoms with Crippen LogP contribution in [0.3, 0.4) is 0 Å². The molecule has 3 rings (SSSR count). The van der Waals surface area contributed by atoms with Gasteiger partial charge in [-0.15, -0.1) is 0 Å². The third-order valence-corrected chi connectivity index (χ3v) is 4.48. The lowest BCUT2D eigenvalue weighted by Crippen LogP contribution is -2.50. The lowest BCUT2D eigenvalue weighted by molar-refractivity contribution is -0.121. The van der Waals surface area contributed by atoms with Crippen LogP contribution in [0, 0.1) is 0 Å². The molecule has 7 nitrogen and oxygen atoms in total. The number of rotatable bonds is 8. The fraction of sp³-hybridized carbons (Fsp3) is 0.400. The van der Waals surface area contributed by atoms with Crippen molar-refractivity contribution >= 4 is 11.8 Å². The second-order valence-electron chi connectivity index (χ2n) is 6.37. The zero-order valence-electron chi connectivity index (χ0n) is 15.3. The number of benzene rings is 1. The molecule has 0 atom stereocenters. The lowest BCUT2D eigenvalue weighted by Gasteiger charge is -2.34. The number of nitrogens with one attached hydrogen (secondary N) is 1. The minimum absolute atomic E-state index is 0.0161. The maximum Gasteiger partial charge on any atom is 0.289 e. The van der Waals surface area contributed by atoms with Crippen LogP contribution in [-0.4, -0.2) is 67.5 Å². The molecule has 1 fully saturated rings. The molecular weight excluding hydrogens is 346 g/mol. The molecule has 0 saturated carbocycles. The zero-order chi connectivity index (χ0) is 18.9. The van der Waals surface area contributed by atoms with Crippen molar-refractivity contribution in [2.24, 2.45) is 0 Å². The summed E-state index contributed by atoms with van der Waals surface area (Å²) >= 11 is 0. The predicted octanol–water partition coefficient (Wildman–Crippen LogP) is 1.62. The highest BCUT2D eigenvalue weighted by Gasteiger charge is 2.23.